The van der Waals surface area contributed by atoms with Gasteiger partial charge >= 0.3 is 5.69 Å². The normalized spacial score (nSPS) is 10.8. The quantitative estimate of drug-likeness (QED) is 0.845. The number of anilines is 1. The van der Waals surface area contributed by atoms with Crippen LogP contribution in [0.2, 0.25) is 0 Å². The molecule has 0 radical (unpaired) electrons. The minimum absolute atomic E-state index is 0.295. The SMILES string of the molecule is CCn1c(Sc2cc(F)c(Br)cc2N)n[nH]c1=O. The van der Waals surface area contributed by atoms with Crippen LogP contribution in [0.4, 0.5) is 10.1 Å². The number of nitrogens with one attached hydrogen (secondary N) is 1. The van der Waals surface area contributed by atoms with Crippen LogP contribution in [0, 0.1) is 5.82 Å². The van der Waals surface area contributed by atoms with Gasteiger partial charge < -0.3 is 5.73 Å². The van der Waals surface area contributed by atoms with Gasteiger partial charge in [0, 0.05) is 17.1 Å². The predicted molar refractivity (Wildman–Crippen MR) is 71.2 cm³/mol. The topological polar surface area (TPSA) is 76.7 Å². The summed E-state index contributed by atoms with van der Waals surface area (Å²) in [5.74, 6) is -0.410. The lowest BCUT2D eigenvalue weighted by molar-refractivity contribution is 0.617. The minimum Gasteiger partial charge on any atom is -0.398 e. The fraction of sp³-hybridized carbons (Fsp3) is 0.200. The standard InChI is InChI=1S/C10H10BrFN4OS/c1-2-16-9(17)14-15-10(16)18-8-4-6(12)5(11)3-7(8)13/h3-4H,2,13H2,1H3,(H,14,17). The van der Waals surface area contributed by atoms with E-state index in [-0.39, 0.29) is 5.69 Å². The zero-order valence-corrected chi connectivity index (χ0v) is 11.8. The molecule has 2 aromatic rings. The molecule has 5 nitrogen and oxygen atoms in total. The Morgan fingerprint density at radius 3 is 3.00 bits per heavy atom. The smallest absolute Gasteiger partial charge is 0.343 e. The van der Waals surface area contributed by atoms with E-state index in [2.05, 4.69) is 26.1 Å². The molecule has 96 valence electrons. The van der Waals surface area contributed by atoms with Gasteiger partial charge in [0.25, 0.3) is 0 Å². The van der Waals surface area contributed by atoms with Crippen molar-refractivity contribution in [2.45, 2.75) is 23.5 Å². The van der Waals surface area contributed by atoms with Gasteiger partial charge in [-0.2, -0.15) is 0 Å². The largest absolute Gasteiger partial charge is 0.398 e. The third-order valence-corrected chi connectivity index (χ3v) is 3.97. The van der Waals surface area contributed by atoms with Crippen molar-refractivity contribution >= 4 is 33.4 Å². The van der Waals surface area contributed by atoms with Crippen LogP contribution in [0.15, 0.2) is 31.5 Å². The molecule has 0 amide bonds. The molecular weight excluding hydrogens is 323 g/mol. The molecule has 0 saturated heterocycles. The Bertz CT molecular complexity index is 639. The molecule has 2 rings (SSSR count). The molecule has 18 heavy (non-hydrogen) atoms. The molecule has 1 heterocycles. The van der Waals surface area contributed by atoms with Crippen molar-refractivity contribution in [2.75, 3.05) is 5.73 Å². The van der Waals surface area contributed by atoms with Gasteiger partial charge in [-0.1, -0.05) is 0 Å². The highest BCUT2D eigenvalue weighted by molar-refractivity contribution is 9.10. The molecular formula is C10H10BrFN4OS. The van der Waals surface area contributed by atoms with E-state index in [0.29, 0.717) is 26.8 Å². The average Bonchev–Trinajstić information content (AvgIpc) is 2.67. The van der Waals surface area contributed by atoms with Gasteiger partial charge in [-0.3, -0.25) is 4.57 Å². The Labute approximate surface area is 115 Å². The van der Waals surface area contributed by atoms with E-state index in [0.717, 1.165) is 11.8 Å². The summed E-state index contributed by atoms with van der Waals surface area (Å²) in [4.78, 5) is 11.9. The Morgan fingerprint density at radius 2 is 2.33 bits per heavy atom. The molecule has 0 saturated carbocycles. The maximum atomic E-state index is 13.4. The van der Waals surface area contributed by atoms with Gasteiger partial charge in [-0.15, -0.1) is 5.10 Å². The fourth-order valence-electron chi connectivity index (χ4n) is 1.39. The van der Waals surface area contributed by atoms with E-state index in [1.165, 1.54) is 16.7 Å². The second-order valence-electron chi connectivity index (χ2n) is 3.46. The van der Waals surface area contributed by atoms with E-state index >= 15 is 0 Å². The van der Waals surface area contributed by atoms with Crippen molar-refractivity contribution in [3.05, 3.63) is 32.9 Å². The van der Waals surface area contributed by atoms with E-state index in [1.54, 1.807) is 0 Å². The zero-order chi connectivity index (χ0) is 13.3. The van der Waals surface area contributed by atoms with Crippen LogP contribution < -0.4 is 11.4 Å². The van der Waals surface area contributed by atoms with Crippen molar-refractivity contribution in [2.24, 2.45) is 0 Å². The molecule has 0 atom stereocenters. The number of aromatic nitrogens is 3. The Balaban J connectivity index is 2.40. The first-order valence-electron chi connectivity index (χ1n) is 5.10. The zero-order valence-electron chi connectivity index (χ0n) is 9.41. The van der Waals surface area contributed by atoms with Crippen LogP contribution in [0.5, 0.6) is 0 Å². The highest BCUT2D eigenvalue weighted by Gasteiger charge is 2.12. The summed E-state index contributed by atoms with van der Waals surface area (Å²) in [5.41, 5.74) is 5.92. The summed E-state index contributed by atoms with van der Waals surface area (Å²) in [6, 6.07) is 2.79. The second kappa shape index (κ2) is 5.15. The molecule has 1 aromatic heterocycles. The number of hydrogen-bond acceptors (Lipinski definition) is 4. The van der Waals surface area contributed by atoms with Crippen LogP contribution in [-0.4, -0.2) is 14.8 Å². The number of rotatable bonds is 3. The Hall–Kier alpha value is -1.28. The number of nitrogens with two attached hydrogens (primary N) is 1. The summed E-state index contributed by atoms with van der Waals surface area (Å²) < 4.78 is 15.2. The van der Waals surface area contributed by atoms with Crippen LogP contribution >= 0.6 is 27.7 Å². The first-order valence-corrected chi connectivity index (χ1v) is 6.71. The highest BCUT2D eigenvalue weighted by atomic mass is 79.9. The van der Waals surface area contributed by atoms with Crippen LogP contribution in [0.1, 0.15) is 6.92 Å². The molecule has 0 fully saturated rings. The van der Waals surface area contributed by atoms with Gasteiger partial charge in [0.15, 0.2) is 5.16 Å². The summed E-state index contributed by atoms with van der Waals surface area (Å²) in [5, 5.41) is 6.67. The third kappa shape index (κ3) is 2.44. The summed E-state index contributed by atoms with van der Waals surface area (Å²) in [6.07, 6.45) is 0. The van der Waals surface area contributed by atoms with E-state index in [9.17, 15) is 9.18 Å². The number of aromatic amines is 1. The monoisotopic (exact) mass is 332 g/mol. The minimum atomic E-state index is -0.410. The molecule has 8 heteroatoms. The Morgan fingerprint density at radius 1 is 1.61 bits per heavy atom. The van der Waals surface area contributed by atoms with Gasteiger partial charge in [-0.05, 0) is 46.7 Å². The number of H-pyrrole nitrogens is 1. The lowest BCUT2D eigenvalue weighted by Gasteiger charge is -2.06. The first kappa shape index (κ1) is 13.2. The summed E-state index contributed by atoms with van der Waals surface area (Å²) in [7, 11) is 0. The van der Waals surface area contributed by atoms with Crippen molar-refractivity contribution in [1.82, 2.24) is 14.8 Å². The number of halogens is 2. The first-order chi connectivity index (χ1) is 8.52. The number of nitrogen functional groups attached to an aromatic ring is 1. The Kier molecular flexibility index (Phi) is 3.76. The third-order valence-electron chi connectivity index (χ3n) is 2.29. The lowest BCUT2D eigenvalue weighted by Crippen LogP contribution is -2.16. The molecule has 0 unspecified atom stereocenters. The predicted octanol–water partition coefficient (Wildman–Crippen LogP) is 2.23. The summed E-state index contributed by atoms with van der Waals surface area (Å²) in [6.45, 7) is 2.31. The molecule has 1 aromatic carbocycles. The second-order valence-corrected chi connectivity index (χ2v) is 5.33. The fourth-order valence-corrected chi connectivity index (χ4v) is 2.70. The van der Waals surface area contributed by atoms with Gasteiger partial charge in [0.1, 0.15) is 5.82 Å². The maximum Gasteiger partial charge on any atom is 0.343 e. The number of nitrogens with zero attached hydrogens (tertiary/aromatic N) is 2. The van der Waals surface area contributed by atoms with Gasteiger partial charge in [0.2, 0.25) is 0 Å². The number of hydrogen-bond donors (Lipinski definition) is 2. The van der Waals surface area contributed by atoms with Crippen molar-refractivity contribution in [3.8, 4) is 0 Å². The van der Waals surface area contributed by atoms with E-state index in [4.69, 9.17) is 5.73 Å². The average molecular weight is 333 g/mol. The molecule has 0 aliphatic heterocycles. The highest BCUT2D eigenvalue weighted by Crippen LogP contribution is 2.33. The van der Waals surface area contributed by atoms with Gasteiger partial charge in [-0.25, -0.2) is 14.3 Å². The summed E-state index contributed by atoms with van der Waals surface area (Å²) >= 11 is 4.20. The molecule has 0 bridgehead atoms. The lowest BCUT2D eigenvalue weighted by atomic mass is 10.3. The molecule has 0 spiro atoms. The van der Waals surface area contributed by atoms with Crippen LogP contribution in [0.3, 0.4) is 0 Å². The molecule has 0 aliphatic carbocycles. The van der Waals surface area contributed by atoms with E-state index < -0.39 is 5.82 Å². The van der Waals surface area contributed by atoms with E-state index in [1.807, 2.05) is 6.92 Å². The van der Waals surface area contributed by atoms with Gasteiger partial charge in [0.05, 0.1) is 4.47 Å². The molecule has 3 N–H and O–H groups in total. The van der Waals surface area contributed by atoms with Crippen molar-refractivity contribution in [1.29, 1.82) is 0 Å². The van der Waals surface area contributed by atoms with Crippen LogP contribution in [-0.2, 0) is 6.54 Å². The van der Waals surface area contributed by atoms with Crippen LogP contribution in [0.25, 0.3) is 0 Å². The maximum absolute atomic E-state index is 13.4. The number of benzene rings is 1. The molecule has 0 aliphatic rings. The van der Waals surface area contributed by atoms with Crippen molar-refractivity contribution in [3.63, 3.8) is 0 Å². The van der Waals surface area contributed by atoms with Crippen molar-refractivity contribution < 1.29 is 4.39 Å².